The monoisotopic (exact) mass is 326 g/mol. The molecule has 0 bridgehead atoms. The van der Waals surface area contributed by atoms with Crippen molar-refractivity contribution in [1.82, 2.24) is 20.5 Å². The topological polar surface area (TPSA) is 83.6 Å². The Kier molecular flexibility index (Phi) is 6.00. The standard InChI is InChI=1S/C14H22N4O3S/c1-3-21-14(20)18-6-4-11(5-7-18)17-13(19)15-8-12-10(2)16-9-22-12/h9,11H,3-8H2,1-2H3,(H2,15,17,19). The number of urea groups is 1. The Hall–Kier alpha value is -1.83. The summed E-state index contributed by atoms with van der Waals surface area (Å²) in [5, 5.41) is 5.79. The summed E-state index contributed by atoms with van der Waals surface area (Å²) >= 11 is 1.53. The molecule has 0 aliphatic carbocycles. The molecule has 2 heterocycles. The number of carbonyl (C=O) groups excluding carboxylic acids is 2. The molecule has 22 heavy (non-hydrogen) atoms. The Bertz CT molecular complexity index is 512. The highest BCUT2D eigenvalue weighted by Gasteiger charge is 2.24. The highest BCUT2D eigenvalue weighted by Crippen LogP contribution is 2.13. The van der Waals surface area contributed by atoms with Crippen LogP contribution < -0.4 is 10.6 Å². The smallest absolute Gasteiger partial charge is 0.409 e. The van der Waals surface area contributed by atoms with Gasteiger partial charge < -0.3 is 20.3 Å². The maximum absolute atomic E-state index is 11.9. The second-order valence-electron chi connectivity index (χ2n) is 5.15. The fraction of sp³-hybridized carbons (Fsp3) is 0.643. The second-order valence-corrected chi connectivity index (χ2v) is 6.09. The lowest BCUT2D eigenvalue weighted by Crippen LogP contribution is -2.49. The molecule has 1 aromatic heterocycles. The number of nitrogens with one attached hydrogen (secondary N) is 2. The van der Waals surface area contributed by atoms with Gasteiger partial charge >= 0.3 is 12.1 Å². The normalized spacial score (nSPS) is 15.5. The Morgan fingerprint density at radius 3 is 2.77 bits per heavy atom. The van der Waals surface area contributed by atoms with Crippen LogP contribution in [-0.4, -0.2) is 47.7 Å². The van der Waals surface area contributed by atoms with E-state index in [2.05, 4.69) is 15.6 Å². The lowest BCUT2D eigenvalue weighted by molar-refractivity contribution is 0.0957. The van der Waals surface area contributed by atoms with Crippen molar-refractivity contribution in [3.63, 3.8) is 0 Å². The van der Waals surface area contributed by atoms with E-state index in [0.717, 1.165) is 23.4 Å². The van der Waals surface area contributed by atoms with E-state index in [-0.39, 0.29) is 18.2 Å². The first kappa shape index (κ1) is 16.5. The number of piperidine rings is 1. The van der Waals surface area contributed by atoms with E-state index in [1.165, 1.54) is 11.3 Å². The number of hydrogen-bond donors (Lipinski definition) is 2. The van der Waals surface area contributed by atoms with Crippen molar-refractivity contribution in [2.75, 3.05) is 19.7 Å². The minimum Gasteiger partial charge on any atom is -0.450 e. The van der Waals surface area contributed by atoms with Crippen LogP contribution in [0.25, 0.3) is 0 Å². The van der Waals surface area contributed by atoms with Crippen LogP contribution in [0.2, 0.25) is 0 Å². The lowest BCUT2D eigenvalue weighted by atomic mass is 10.1. The summed E-state index contributed by atoms with van der Waals surface area (Å²) in [6.45, 7) is 5.81. The molecule has 7 nitrogen and oxygen atoms in total. The zero-order valence-corrected chi connectivity index (χ0v) is 13.7. The van der Waals surface area contributed by atoms with Crippen LogP contribution in [0.5, 0.6) is 0 Å². The first-order valence-electron chi connectivity index (χ1n) is 7.45. The summed E-state index contributed by atoms with van der Waals surface area (Å²) in [7, 11) is 0. The average molecular weight is 326 g/mol. The van der Waals surface area contributed by atoms with Crippen LogP contribution in [0.15, 0.2) is 5.51 Å². The molecule has 8 heteroatoms. The van der Waals surface area contributed by atoms with E-state index in [0.29, 0.717) is 26.2 Å². The van der Waals surface area contributed by atoms with Gasteiger partial charge in [-0.25, -0.2) is 14.6 Å². The third-order valence-electron chi connectivity index (χ3n) is 3.61. The van der Waals surface area contributed by atoms with Crippen LogP contribution in [0.4, 0.5) is 9.59 Å². The van der Waals surface area contributed by atoms with Gasteiger partial charge in [0.15, 0.2) is 0 Å². The maximum atomic E-state index is 11.9. The molecule has 1 saturated heterocycles. The zero-order valence-electron chi connectivity index (χ0n) is 12.9. The first-order chi connectivity index (χ1) is 10.6. The van der Waals surface area contributed by atoms with Crippen molar-refractivity contribution in [3.8, 4) is 0 Å². The number of ether oxygens (including phenoxy) is 1. The molecule has 0 unspecified atom stereocenters. The summed E-state index contributed by atoms with van der Waals surface area (Å²) in [5.41, 5.74) is 2.73. The molecule has 0 spiro atoms. The summed E-state index contributed by atoms with van der Waals surface area (Å²) < 4.78 is 4.97. The van der Waals surface area contributed by atoms with Gasteiger partial charge in [-0.1, -0.05) is 0 Å². The number of nitrogens with zero attached hydrogens (tertiary/aromatic N) is 2. The van der Waals surface area contributed by atoms with Gasteiger partial charge in [0.1, 0.15) is 0 Å². The van der Waals surface area contributed by atoms with Crippen LogP contribution >= 0.6 is 11.3 Å². The number of aryl methyl sites for hydroxylation is 1. The molecule has 0 saturated carbocycles. The van der Waals surface area contributed by atoms with E-state index in [1.807, 2.05) is 6.92 Å². The maximum Gasteiger partial charge on any atom is 0.409 e. The van der Waals surface area contributed by atoms with Crippen LogP contribution in [0.1, 0.15) is 30.3 Å². The molecule has 1 aliphatic heterocycles. The molecule has 0 radical (unpaired) electrons. The molecular formula is C14H22N4O3S. The summed E-state index contributed by atoms with van der Waals surface area (Å²) in [5.74, 6) is 0. The molecule has 0 atom stereocenters. The fourth-order valence-corrected chi connectivity index (χ4v) is 3.03. The number of hydrogen-bond acceptors (Lipinski definition) is 5. The van der Waals surface area contributed by atoms with Crippen molar-refractivity contribution in [1.29, 1.82) is 0 Å². The van der Waals surface area contributed by atoms with Crippen molar-refractivity contribution >= 4 is 23.5 Å². The number of rotatable bonds is 4. The van der Waals surface area contributed by atoms with Crippen molar-refractivity contribution in [2.24, 2.45) is 0 Å². The summed E-state index contributed by atoms with van der Waals surface area (Å²) in [6.07, 6.45) is 1.21. The first-order valence-corrected chi connectivity index (χ1v) is 8.33. The third kappa shape index (κ3) is 4.59. The Balaban J connectivity index is 1.68. The highest BCUT2D eigenvalue weighted by molar-refractivity contribution is 7.09. The molecule has 2 N–H and O–H groups in total. The van der Waals surface area contributed by atoms with Gasteiger partial charge in [0.2, 0.25) is 0 Å². The van der Waals surface area contributed by atoms with Gasteiger partial charge in [0, 0.05) is 24.0 Å². The van der Waals surface area contributed by atoms with E-state index >= 15 is 0 Å². The zero-order chi connectivity index (χ0) is 15.9. The van der Waals surface area contributed by atoms with Crippen LogP contribution in [-0.2, 0) is 11.3 Å². The van der Waals surface area contributed by atoms with Crippen LogP contribution in [0, 0.1) is 6.92 Å². The quantitative estimate of drug-likeness (QED) is 0.885. The van der Waals surface area contributed by atoms with Gasteiger partial charge in [-0.05, 0) is 26.7 Å². The van der Waals surface area contributed by atoms with Crippen molar-refractivity contribution < 1.29 is 14.3 Å². The fourth-order valence-electron chi connectivity index (χ4n) is 2.31. The number of aromatic nitrogens is 1. The van der Waals surface area contributed by atoms with Gasteiger partial charge in [-0.15, -0.1) is 11.3 Å². The molecule has 0 aromatic carbocycles. The number of amides is 3. The summed E-state index contributed by atoms with van der Waals surface area (Å²) in [6, 6.07) is -0.0874. The van der Waals surface area contributed by atoms with E-state index < -0.39 is 0 Å². The number of thiazole rings is 1. The predicted molar refractivity (Wildman–Crippen MR) is 83.8 cm³/mol. The molecule has 1 aromatic rings. The molecule has 122 valence electrons. The second kappa shape index (κ2) is 7.98. The summed E-state index contributed by atoms with van der Waals surface area (Å²) in [4.78, 5) is 30.4. The highest BCUT2D eigenvalue weighted by atomic mass is 32.1. The van der Waals surface area contributed by atoms with E-state index in [1.54, 1.807) is 17.3 Å². The number of carbonyl (C=O) groups is 2. The van der Waals surface area contributed by atoms with Gasteiger partial charge in [0.25, 0.3) is 0 Å². The SMILES string of the molecule is CCOC(=O)N1CCC(NC(=O)NCc2scnc2C)CC1. The molecule has 2 rings (SSSR count). The molecule has 1 fully saturated rings. The third-order valence-corrected chi connectivity index (χ3v) is 4.55. The van der Waals surface area contributed by atoms with Crippen molar-refractivity contribution in [2.45, 2.75) is 39.3 Å². The van der Waals surface area contributed by atoms with E-state index in [9.17, 15) is 9.59 Å². The molecule has 1 aliphatic rings. The minimum atomic E-state index is -0.272. The predicted octanol–water partition coefficient (Wildman–Crippen LogP) is 1.87. The molecular weight excluding hydrogens is 304 g/mol. The Morgan fingerprint density at radius 1 is 1.45 bits per heavy atom. The lowest BCUT2D eigenvalue weighted by Gasteiger charge is -2.31. The van der Waals surface area contributed by atoms with Gasteiger partial charge in [0.05, 0.1) is 24.4 Å². The largest absolute Gasteiger partial charge is 0.450 e. The average Bonchev–Trinajstić information content (AvgIpc) is 2.91. The Labute approximate surface area is 134 Å². The van der Waals surface area contributed by atoms with Gasteiger partial charge in [-0.3, -0.25) is 0 Å². The molecule has 3 amide bonds. The van der Waals surface area contributed by atoms with E-state index in [4.69, 9.17) is 4.74 Å². The van der Waals surface area contributed by atoms with Gasteiger partial charge in [-0.2, -0.15) is 0 Å². The minimum absolute atomic E-state index is 0.0910. The van der Waals surface area contributed by atoms with Crippen LogP contribution in [0.3, 0.4) is 0 Å². The van der Waals surface area contributed by atoms with Crippen molar-refractivity contribution in [3.05, 3.63) is 16.1 Å². The Morgan fingerprint density at radius 2 is 2.18 bits per heavy atom. The number of likely N-dealkylation sites (tertiary alicyclic amines) is 1.